The molecule has 0 saturated carbocycles. The van der Waals surface area contributed by atoms with E-state index in [4.69, 9.17) is 66.9 Å². The highest BCUT2D eigenvalue weighted by molar-refractivity contribution is 7.45. The largest absolute Gasteiger partial charge is 0.466 e. The van der Waals surface area contributed by atoms with Crippen molar-refractivity contribution in [1.29, 1.82) is 0 Å². The maximum absolute atomic E-state index is 14.3. The fourth-order valence-electron chi connectivity index (χ4n) is 9.21. The number of hydrogen-bond donors (Lipinski definition) is 13. The van der Waals surface area contributed by atoms with E-state index in [0.717, 1.165) is 6.42 Å². The Kier molecular flexibility index (Phi) is 24.9. The van der Waals surface area contributed by atoms with Crippen LogP contribution < -0.4 is 10.6 Å². The molecule has 0 amide bonds. The standard InChI is InChI=1S/C41H79N3O12.2H3O4P/c1-15-17-42-22-41(50)28(8)53-31(20-39(41,10)51-14)55-33-25(5)35(56-37-32(45)29(44(12)13)18-24(4)52-37)38(9,48)19-23(3)21-43-27(7)34(46)40(11,49)30(16-2)54-36(47)26(33)6;2*1-5(2,3)4/h23-35,37,42-43,45-46,48-50H,15-22H2,1-14H3;2*(H3,1,2,3,4)/t23-,24?,25?,26?,27+,28?,29?,30?,31+,32-,33?,34-,35-,37?,38+,39-,40-,41+;;/m1../s1. The van der Waals surface area contributed by atoms with Crippen LogP contribution in [0.1, 0.15) is 108 Å². The topological polar surface area (TPSA) is 356 Å². The van der Waals surface area contributed by atoms with Crippen LogP contribution in [0.15, 0.2) is 0 Å². The molecule has 13 N–H and O–H groups in total. The molecule has 0 aliphatic carbocycles. The number of carbonyl (C=O) groups excluding carboxylic acids is 1. The predicted octanol–water partition coefficient (Wildman–Crippen LogP) is 0.0711. The first-order valence-electron chi connectivity index (χ1n) is 22.5. The molecule has 3 aliphatic heterocycles. The van der Waals surface area contributed by atoms with Crippen molar-refractivity contribution in [3.63, 3.8) is 0 Å². The molecule has 3 saturated heterocycles. The molecule has 23 nitrogen and oxygen atoms in total. The first-order valence-corrected chi connectivity index (χ1v) is 25.6. The van der Waals surface area contributed by atoms with E-state index in [1.54, 1.807) is 34.6 Å². The van der Waals surface area contributed by atoms with Crippen LogP contribution in [0, 0.1) is 17.8 Å². The molecule has 0 spiro atoms. The quantitative estimate of drug-likeness (QED) is 0.0740. The number of cyclic esters (lactones) is 1. The van der Waals surface area contributed by atoms with E-state index in [9.17, 15) is 30.3 Å². The number of aliphatic hydroxyl groups excluding tert-OH is 2. The number of nitrogens with zero attached hydrogens (tertiary/aromatic N) is 1. The lowest BCUT2D eigenvalue weighted by Gasteiger charge is -2.53. The molecule has 394 valence electrons. The Hall–Kier alpha value is -0.830. The summed E-state index contributed by atoms with van der Waals surface area (Å²) < 4.78 is 56.1. The molecule has 25 heteroatoms. The first kappa shape index (κ1) is 63.2. The summed E-state index contributed by atoms with van der Waals surface area (Å²) in [6.07, 6.45) is -6.71. The van der Waals surface area contributed by atoms with Gasteiger partial charge in [0.2, 0.25) is 0 Å². The molecule has 3 fully saturated rings. The molecular formula is C41H85N3O20P2. The fourth-order valence-corrected chi connectivity index (χ4v) is 9.21. The van der Waals surface area contributed by atoms with Crippen LogP contribution in [0.4, 0.5) is 0 Å². The Balaban J connectivity index is 0.00000196. The molecule has 0 bridgehead atoms. The molecule has 0 aromatic carbocycles. The number of carbonyl (C=O) groups is 1. The number of ether oxygens (including phenoxy) is 6. The third-order valence-corrected chi connectivity index (χ3v) is 13.0. The molecule has 66 heavy (non-hydrogen) atoms. The molecule has 3 aliphatic rings. The van der Waals surface area contributed by atoms with Crippen LogP contribution in [-0.4, -0.2) is 196 Å². The van der Waals surface area contributed by atoms with Crippen LogP contribution in [0.25, 0.3) is 0 Å². The summed E-state index contributed by atoms with van der Waals surface area (Å²) in [7, 11) is -3.97. The van der Waals surface area contributed by atoms with E-state index in [2.05, 4.69) is 10.6 Å². The third kappa shape index (κ3) is 18.7. The highest BCUT2D eigenvalue weighted by Gasteiger charge is 2.58. The second kappa shape index (κ2) is 26.0. The van der Waals surface area contributed by atoms with E-state index in [1.807, 2.05) is 53.6 Å². The van der Waals surface area contributed by atoms with Crippen molar-refractivity contribution in [2.75, 3.05) is 40.8 Å². The van der Waals surface area contributed by atoms with E-state index in [-0.39, 0.29) is 43.9 Å². The Morgan fingerprint density at radius 2 is 1.42 bits per heavy atom. The molecule has 3 heterocycles. The van der Waals surface area contributed by atoms with E-state index in [0.29, 0.717) is 19.5 Å². The van der Waals surface area contributed by atoms with Gasteiger partial charge >= 0.3 is 21.6 Å². The molecular weight excluding hydrogens is 916 g/mol. The molecule has 0 radical (unpaired) electrons. The number of esters is 1. The summed E-state index contributed by atoms with van der Waals surface area (Å²) >= 11 is 0. The van der Waals surface area contributed by atoms with Crippen LogP contribution >= 0.6 is 15.6 Å². The van der Waals surface area contributed by atoms with Crippen LogP contribution in [0.2, 0.25) is 0 Å². The Bertz CT molecular complexity index is 1520. The highest BCUT2D eigenvalue weighted by Crippen LogP contribution is 2.43. The minimum atomic E-state index is -4.64. The van der Waals surface area contributed by atoms with Gasteiger partial charge in [0.1, 0.15) is 35.1 Å². The normalized spacial score (nSPS) is 42.4. The average Bonchev–Trinajstić information content (AvgIpc) is 3.17. The Labute approximate surface area is 390 Å². The number of likely N-dealkylation sites (N-methyl/N-ethyl adjacent to an activating group) is 1. The summed E-state index contributed by atoms with van der Waals surface area (Å²) in [6.45, 7) is 20.9. The van der Waals surface area contributed by atoms with Gasteiger partial charge in [-0.2, -0.15) is 0 Å². The SMILES string of the molecule is CCCNC[C@]1(O)C(C)O[C@@H](OC2C(C)C(=O)OC(CC)[C@@](C)(O)[C@H](O)[C@H](C)NC[C@H](C)C[C@](C)(O)[C@H](OC3OC(C)CC(N(C)C)[C@H]3O)C2C)C[C@@]1(C)OC.O=P(O)(O)O.O=P(O)(O)O. The van der Waals surface area contributed by atoms with Crippen LogP contribution in [0.3, 0.4) is 0 Å². The van der Waals surface area contributed by atoms with Crippen LogP contribution in [-0.2, 0) is 42.3 Å². The summed E-state index contributed by atoms with van der Waals surface area (Å²) in [5, 5.41) is 65.8. The van der Waals surface area contributed by atoms with Crippen molar-refractivity contribution >= 4 is 21.6 Å². The lowest BCUT2D eigenvalue weighted by Crippen LogP contribution is -2.70. The van der Waals surface area contributed by atoms with Gasteiger partial charge in [-0.3, -0.25) is 4.79 Å². The smallest absolute Gasteiger partial charge is 0.459 e. The lowest BCUT2D eigenvalue weighted by molar-refractivity contribution is -0.336. The van der Waals surface area contributed by atoms with Gasteiger partial charge in [0.15, 0.2) is 12.6 Å². The third-order valence-electron chi connectivity index (χ3n) is 13.0. The predicted molar refractivity (Wildman–Crippen MR) is 240 cm³/mol. The fraction of sp³-hybridized carbons (Fsp3) is 0.976. The van der Waals surface area contributed by atoms with E-state index >= 15 is 0 Å². The van der Waals surface area contributed by atoms with Gasteiger partial charge < -0.3 is 98.8 Å². The van der Waals surface area contributed by atoms with E-state index < -0.39 is 111 Å². The minimum Gasteiger partial charge on any atom is -0.459 e. The number of hydrogen-bond acceptors (Lipinski definition) is 17. The summed E-state index contributed by atoms with van der Waals surface area (Å²) in [5.41, 5.74) is -5.95. The number of phosphoric acid groups is 2. The molecule has 18 atom stereocenters. The minimum absolute atomic E-state index is 0.0939. The summed E-state index contributed by atoms with van der Waals surface area (Å²) in [6, 6.07) is -0.877. The van der Waals surface area contributed by atoms with Crippen molar-refractivity contribution in [2.45, 2.75) is 198 Å². The first-order chi connectivity index (χ1) is 29.9. The summed E-state index contributed by atoms with van der Waals surface area (Å²) in [4.78, 5) is 59.4. The van der Waals surface area contributed by atoms with Crippen molar-refractivity contribution in [1.82, 2.24) is 15.5 Å². The summed E-state index contributed by atoms with van der Waals surface area (Å²) in [5.74, 6) is -2.66. The maximum Gasteiger partial charge on any atom is 0.466 e. The highest BCUT2D eigenvalue weighted by atomic mass is 31.2. The van der Waals surface area contributed by atoms with Gasteiger partial charge in [-0.05, 0) is 107 Å². The number of aliphatic hydroxyl groups is 5. The molecule has 0 aromatic rings. The van der Waals surface area contributed by atoms with E-state index in [1.165, 1.54) is 14.0 Å². The zero-order valence-electron chi connectivity index (χ0n) is 41.2. The lowest BCUT2D eigenvalue weighted by atomic mass is 9.75. The van der Waals surface area contributed by atoms with Crippen molar-refractivity contribution in [2.24, 2.45) is 17.8 Å². The van der Waals surface area contributed by atoms with Gasteiger partial charge in [-0.25, -0.2) is 9.13 Å². The number of nitrogens with one attached hydrogen (secondary N) is 2. The number of rotatable bonds is 11. The molecule has 3 rings (SSSR count). The Morgan fingerprint density at radius 3 is 1.91 bits per heavy atom. The second-order valence-corrected chi connectivity index (χ2v) is 21.3. The van der Waals surface area contributed by atoms with Gasteiger partial charge in [0.05, 0.1) is 35.9 Å². The number of methoxy groups -OCH3 is 1. The molecule has 8 unspecified atom stereocenters. The van der Waals surface area contributed by atoms with Crippen molar-refractivity contribution in [3.05, 3.63) is 0 Å². The maximum atomic E-state index is 14.3. The van der Waals surface area contributed by atoms with Gasteiger partial charge in [0.25, 0.3) is 0 Å². The van der Waals surface area contributed by atoms with Crippen molar-refractivity contribution in [3.8, 4) is 0 Å². The monoisotopic (exact) mass is 1000 g/mol. The van der Waals surface area contributed by atoms with Crippen molar-refractivity contribution < 1.29 is 97.2 Å². The Morgan fingerprint density at radius 1 is 0.879 bits per heavy atom. The van der Waals surface area contributed by atoms with Crippen LogP contribution in [0.5, 0.6) is 0 Å². The van der Waals surface area contributed by atoms with Gasteiger partial charge in [-0.15, -0.1) is 0 Å². The van der Waals surface area contributed by atoms with Gasteiger partial charge in [-0.1, -0.05) is 27.7 Å². The second-order valence-electron chi connectivity index (χ2n) is 19.2. The average molecular weight is 1000 g/mol. The zero-order valence-corrected chi connectivity index (χ0v) is 43.0. The van der Waals surface area contributed by atoms with Gasteiger partial charge in [0, 0.05) is 38.1 Å². The molecule has 0 aromatic heterocycles. The zero-order chi connectivity index (χ0) is 51.6.